The number of β-amino-alcohol motifs (C(OH)–C–C–N with tert-alkyl or cyclic N) is 1. The van der Waals surface area contributed by atoms with Gasteiger partial charge < -0.3 is 15.3 Å². The van der Waals surface area contributed by atoms with Gasteiger partial charge in [0, 0.05) is 30.3 Å². The Hall–Kier alpha value is -0.770. The summed E-state index contributed by atoms with van der Waals surface area (Å²) < 4.78 is 0. The number of halogens is 1. The van der Waals surface area contributed by atoms with Crippen LogP contribution < -0.4 is 10.2 Å². The molecular weight excluding hydrogens is 248 g/mol. The van der Waals surface area contributed by atoms with Crippen molar-refractivity contribution >= 4 is 17.3 Å². The molecule has 18 heavy (non-hydrogen) atoms. The molecule has 0 saturated carbocycles. The molecule has 2 N–H and O–H groups in total. The SMILES string of the molecule is CCNCc1ccc(N2CCC(C)(O)C2)cc1Cl. The fourth-order valence-corrected chi connectivity index (χ4v) is 2.54. The summed E-state index contributed by atoms with van der Waals surface area (Å²) in [7, 11) is 0. The lowest BCUT2D eigenvalue weighted by atomic mass is 10.1. The largest absolute Gasteiger partial charge is 0.388 e. The van der Waals surface area contributed by atoms with Crippen molar-refractivity contribution < 1.29 is 5.11 Å². The fourth-order valence-electron chi connectivity index (χ4n) is 2.30. The molecule has 0 aliphatic carbocycles. The minimum Gasteiger partial charge on any atom is -0.388 e. The highest BCUT2D eigenvalue weighted by Crippen LogP contribution is 2.29. The van der Waals surface area contributed by atoms with Crippen LogP contribution >= 0.6 is 11.6 Å². The summed E-state index contributed by atoms with van der Waals surface area (Å²) in [5.74, 6) is 0. The Morgan fingerprint density at radius 3 is 2.83 bits per heavy atom. The monoisotopic (exact) mass is 268 g/mol. The molecule has 1 fully saturated rings. The van der Waals surface area contributed by atoms with E-state index in [1.54, 1.807) is 0 Å². The van der Waals surface area contributed by atoms with E-state index in [2.05, 4.69) is 29.3 Å². The summed E-state index contributed by atoms with van der Waals surface area (Å²) in [6.45, 7) is 7.26. The zero-order chi connectivity index (χ0) is 13.2. The zero-order valence-corrected chi connectivity index (χ0v) is 11.8. The standard InChI is InChI=1S/C14H21ClN2O/c1-3-16-9-11-4-5-12(8-13(11)15)17-7-6-14(2,18)10-17/h4-5,8,16,18H,3,6-7,9-10H2,1-2H3. The van der Waals surface area contributed by atoms with E-state index in [0.717, 1.165) is 42.3 Å². The molecule has 1 saturated heterocycles. The van der Waals surface area contributed by atoms with Gasteiger partial charge in [-0.05, 0) is 37.6 Å². The van der Waals surface area contributed by atoms with E-state index in [-0.39, 0.29) is 0 Å². The molecule has 0 amide bonds. The van der Waals surface area contributed by atoms with Crippen molar-refractivity contribution in [2.24, 2.45) is 0 Å². The maximum absolute atomic E-state index is 9.98. The van der Waals surface area contributed by atoms with Crippen LogP contribution in [0.1, 0.15) is 25.8 Å². The summed E-state index contributed by atoms with van der Waals surface area (Å²) in [5.41, 5.74) is 1.64. The van der Waals surface area contributed by atoms with Crippen LogP contribution in [-0.2, 0) is 6.54 Å². The molecule has 1 aliphatic heterocycles. The Bertz CT molecular complexity index is 420. The minimum atomic E-state index is -0.574. The lowest BCUT2D eigenvalue weighted by Gasteiger charge is -2.21. The van der Waals surface area contributed by atoms with Crippen molar-refractivity contribution in [3.05, 3.63) is 28.8 Å². The first-order valence-corrected chi connectivity index (χ1v) is 6.86. The molecule has 2 rings (SSSR count). The fraction of sp³-hybridized carbons (Fsp3) is 0.571. The molecule has 1 unspecified atom stereocenters. The number of hydrogen-bond acceptors (Lipinski definition) is 3. The number of aliphatic hydroxyl groups is 1. The number of anilines is 1. The van der Waals surface area contributed by atoms with Crippen LogP contribution in [0.3, 0.4) is 0 Å². The Balaban J connectivity index is 2.09. The summed E-state index contributed by atoms with van der Waals surface area (Å²) in [4.78, 5) is 2.18. The van der Waals surface area contributed by atoms with Gasteiger partial charge in [-0.1, -0.05) is 24.6 Å². The van der Waals surface area contributed by atoms with Gasteiger partial charge in [0.15, 0.2) is 0 Å². The van der Waals surface area contributed by atoms with Gasteiger partial charge in [0.05, 0.1) is 5.60 Å². The maximum Gasteiger partial charge on any atom is 0.0810 e. The van der Waals surface area contributed by atoms with Crippen LogP contribution in [0.15, 0.2) is 18.2 Å². The Labute approximate surface area is 114 Å². The normalized spacial score (nSPS) is 23.7. The van der Waals surface area contributed by atoms with Gasteiger partial charge in [-0.25, -0.2) is 0 Å². The molecule has 1 aromatic carbocycles. The van der Waals surface area contributed by atoms with Crippen LogP contribution in [0, 0.1) is 0 Å². The maximum atomic E-state index is 9.98. The molecule has 4 heteroatoms. The Morgan fingerprint density at radius 2 is 2.28 bits per heavy atom. The van der Waals surface area contributed by atoms with Gasteiger partial charge in [-0.3, -0.25) is 0 Å². The van der Waals surface area contributed by atoms with E-state index in [4.69, 9.17) is 11.6 Å². The first-order chi connectivity index (χ1) is 8.52. The molecule has 1 aliphatic rings. The molecule has 100 valence electrons. The number of hydrogen-bond donors (Lipinski definition) is 2. The van der Waals surface area contributed by atoms with Gasteiger partial charge in [0.25, 0.3) is 0 Å². The lowest BCUT2D eigenvalue weighted by Crippen LogP contribution is -2.29. The van der Waals surface area contributed by atoms with Crippen molar-refractivity contribution in [1.29, 1.82) is 0 Å². The molecule has 1 atom stereocenters. The summed E-state index contributed by atoms with van der Waals surface area (Å²) >= 11 is 6.29. The average Bonchev–Trinajstić information content (AvgIpc) is 2.68. The molecule has 0 spiro atoms. The quantitative estimate of drug-likeness (QED) is 0.880. The zero-order valence-electron chi connectivity index (χ0n) is 11.0. The third kappa shape index (κ3) is 3.16. The third-order valence-corrected chi connectivity index (χ3v) is 3.77. The summed E-state index contributed by atoms with van der Waals surface area (Å²) in [6, 6.07) is 6.14. The van der Waals surface area contributed by atoms with E-state index in [1.165, 1.54) is 0 Å². The second-order valence-corrected chi connectivity index (χ2v) is 5.63. The van der Waals surface area contributed by atoms with Gasteiger partial charge in [0.1, 0.15) is 0 Å². The van der Waals surface area contributed by atoms with Crippen LogP contribution in [0.5, 0.6) is 0 Å². The Kier molecular flexibility index (Phi) is 4.15. The van der Waals surface area contributed by atoms with Crippen molar-refractivity contribution in [1.82, 2.24) is 5.32 Å². The minimum absolute atomic E-state index is 0.574. The molecule has 0 aromatic heterocycles. The van der Waals surface area contributed by atoms with Gasteiger partial charge in [-0.2, -0.15) is 0 Å². The highest BCUT2D eigenvalue weighted by atomic mass is 35.5. The van der Waals surface area contributed by atoms with Crippen LogP contribution in [0.4, 0.5) is 5.69 Å². The molecule has 3 nitrogen and oxygen atoms in total. The van der Waals surface area contributed by atoms with E-state index in [9.17, 15) is 5.11 Å². The van der Waals surface area contributed by atoms with Gasteiger partial charge in [0.2, 0.25) is 0 Å². The Morgan fingerprint density at radius 1 is 1.50 bits per heavy atom. The van der Waals surface area contributed by atoms with E-state index in [0.29, 0.717) is 6.54 Å². The van der Waals surface area contributed by atoms with Gasteiger partial charge in [-0.15, -0.1) is 0 Å². The number of nitrogens with zero attached hydrogens (tertiary/aromatic N) is 1. The van der Waals surface area contributed by atoms with Crippen LogP contribution in [-0.4, -0.2) is 30.3 Å². The predicted octanol–water partition coefficient (Wildman–Crippen LogP) is 2.41. The summed E-state index contributed by atoms with van der Waals surface area (Å²) in [6.07, 6.45) is 0.809. The molecule has 1 heterocycles. The number of benzene rings is 1. The highest BCUT2D eigenvalue weighted by molar-refractivity contribution is 6.31. The molecule has 0 bridgehead atoms. The van der Waals surface area contributed by atoms with E-state index >= 15 is 0 Å². The number of nitrogens with one attached hydrogen (secondary N) is 1. The van der Waals surface area contributed by atoms with Crippen molar-refractivity contribution in [3.63, 3.8) is 0 Å². The predicted molar refractivity (Wildman–Crippen MR) is 76.3 cm³/mol. The van der Waals surface area contributed by atoms with Crippen molar-refractivity contribution in [3.8, 4) is 0 Å². The van der Waals surface area contributed by atoms with E-state index in [1.807, 2.05) is 13.0 Å². The van der Waals surface area contributed by atoms with Gasteiger partial charge >= 0.3 is 0 Å². The smallest absolute Gasteiger partial charge is 0.0810 e. The highest BCUT2D eigenvalue weighted by Gasteiger charge is 2.31. The van der Waals surface area contributed by atoms with Crippen molar-refractivity contribution in [2.75, 3.05) is 24.5 Å². The first kappa shape index (κ1) is 13.7. The van der Waals surface area contributed by atoms with Crippen molar-refractivity contribution in [2.45, 2.75) is 32.4 Å². The van der Waals surface area contributed by atoms with Crippen LogP contribution in [0.25, 0.3) is 0 Å². The summed E-state index contributed by atoms with van der Waals surface area (Å²) in [5, 5.41) is 14.0. The molecular formula is C14H21ClN2O. The molecule has 1 aromatic rings. The second kappa shape index (κ2) is 5.47. The number of rotatable bonds is 4. The first-order valence-electron chi connectivity index (χ1n) is 6.48. The average molecular weight is 269 g/mol. The third-order valence-electron chi connectivity index (χ3n) is 3.42. The van der Waals surface area contributed by atoms with E-state index < -0.39 is 5.60 Å². The second-order valence-electron chi connectivity index (χ2n) is 5.22. The molecule has 0 radical (unpaired) electrons. The van der Waals surface area contributed by atoms with Crippen LogP contribution in [0.2, 0.25) is 5.02 Å². The topological polar surface area (TPSA) is 35.5 Å². The lowest BCUT2D eigenvalue weighted by molar-refractivity contribution is 0.0839.